The number of halogens is 1. The number of aryl methyl sites for hydroxylation is 2. The van der Waals surface area contributed by atoms with Gasteiger partial charge >= 0.3 is 0 Å². The van der Waals surface area contributed by atoms with E-state index in [1.54, 1.807) is 12.1 Å². The number of carbonyl (C=O) groups is 2. The number of anilines is 1. The third-order valence-electron chi connectivity index (χ3n) is 4.61. The number of thioether (sulfide) groups is 1. The van der Waals surface area contributed by atoms with Crippen LogP contribution >= 0.6 is 23.4 Å². The molecule has 1 fully saturated rings. The zero-order valence-corrected chi connectivity index (χ0v) is 17.8. The van der Waals surface area contributed by atoms with Gasteiger partial charge < -0.3 is 14.8 Å². The van der Waals surface area contributed by atoms with Crippen LogP contribution in [0.15, 0.2) is 23.4 Å². The predicted octanol–water partition coefficient (Wildman–Crippen LogP) is 3.46. The number of rotatable bonds is 8. The van der Waals surface area contributed by atoms with E-state index in [0.717, 1.165) is 29.4 Å². The number of nitrogens with zero attached hydrogens (tertiary/aromatic N) is 4. The van der Waals surface area contributed by atoms with Crippen molar-refractivity contribution in [3.8, 4) is 0 Å². The molecular formula is C19H24ClN5O2S. The summed E-state index contributed by atoms with van der Waals surface area (Å²) in [4.78, 5) is 26.5. The van der Waals surface area contributed by atoms with E-state index < -0.39 is 0 Å². The van der Waals surface area contributed by atoms with Crippen molar-refractivity contribution in [3.63, 3.8) is 0 Å². The zero-order valence-electron chi connectivity index (χ0n) is 16.2. The minimum atomic E-state index is -0.248. The maximum atomic E-state index is 12.6. The number of nitrogens with one attached hydrogen (secondary N) is 1. The fourth-order valence-electron chi connectivity index (χ4n) is 2.89. The maximum absolute atomic E-state index is 12.6. The average molecular weight is 422 g/mol. The standard InChI is InChI=1S/C19H24ClN5O2S/c1-4-24(10-17(26)21-16-9-14(20)6-5-12(16)2)18(27)11-28-19-23-22-13(3)25(19)15-7-8-15/h5-6,9,15H,4,7-8,10-11H2,1-3H3,(H,21,26). The molecular weight excluding hydrogens is 398 g/mol. The molecule has 28 heavy (non-hydrogen) atoms. The molecule has 1 saturated carbocycles. The highest BCUT2D eigenvalue weighted by Crippen LogP contribution is 2.38. The monoisotopic (exact) mass is 421 g/mol. The molecule has 1 aromatic heterocycles. The largest absolute Gasteiger partial charge is 0.333 e. The summed E-state index contributed by atoms with van der Waals surface area (Å²) >= 11 is 7.37. The molecule has 7 nitrogen and oxygen atoms in total. The number of hydrogen-bond donors (Lipinski definition) is 1. The Balaban J connectivity index is 1.56. The SMILES string of the molecule is CCN(CC(=O)Nc1cc(Cl)ccc1C)C(=O)CSc1nnc(C)n1C1CC1. The number of hydrogen-bond acceptors (Lipinski definition) is 5. The minimum Gasteiger partial charge on any atom is -0.333 e. The summed E-state index contributed by atoms with van der Waals surface area (Å²) in [5.41, 5.74) is 1.57. The predicted molar refractivity (Wildman–Crippen MR) is 111 cm³/mol. The third-order valence-corrected chi connectivity index (χ3v) is 5.78. The first-order chi connectivity index (χ1) is 13.4. The third kappa shape index (κ3) is 5.05. The van der Waals surface area contributed by atoms with Gasteiger partial charge in [0.05, 0.1) is 12.3 Å². The van der Waals surface area contributed by atoms with Crippen LogP contribution in [-0.4, -0.2) is 50.3 Å². The molecule has 2 amide bonds. The Morgan fingerprint density at radius 3 is 2.75 bits per heavy atom. The topological polar surface area (TPSA) is 80.1 Å². The van der Waals surface area contributed by atoms with Crippen LogP contribution in [0.25, 0.3) is 0 Å². The van der Waals surface area contributed by atoms with Gasteiger partial charge in [-0.05, 0) is 51.3 Å². The van der Waals surface area contributed by atoms with E-state index in [-0.39, 0.29) is 24.1 Å². The molecule has 2 aromatic rings. The molecule has 0 bridgehead atoms. The van der Waals surface area contributed by atoms with Gasteiger partial charge in [0, 0.05) is 23.3 Å². The quantitative estimate of drug-likeness (QED) is 0.660. The fourth-order valence-corrected chi connectivity index (χ4v) is 4.01. The average Bonchev–Trinajstić information content (AvgIpc) is 3.43. The first-order valence-electron chi connectivity index (χ1n) is 9.27. The van der Waals surface area contributed by atoms with Gasteiger partial charge in [0.1, 0.15) is 5.82 Å². The number of benzene rings is 1. The second kappa shape index (κ2) is 8.96. The van der Waals surface area contributed by atoms with E-state index in [1.165, 1.54) is 16.7 Å². The normalized spacial score (nSPS) is 13.4. The Labute approximate surface area is 173 Å². The summed E-state index contributed by atoms with van der Waals surface area (Å²) in [6.07, 6.45) is 2.26. The highest BCUT2D eigenvalue weighted by Gasteiger charge is 2.29. The molecule has 150 valence electrons. The summed E-state index contributed by atoms with van der Waals surface area (Å²) in [5, 5.41) is 12.5. The van der Waals surface area contributed by atoms with Gasteiger partial charge in [0.25, 0.3) is 0 Å². The van der Waals surface area contributed by atoms with E-state index >= 15 is 0 Å². The second-order valence-corrected chi connectivity index (χ2v) is 8.21. The summed E-state index contributed by atoms with van der Waals surface area (Å²) < 4.78 is 2.10. The first-order valence-corrected chi connectivity index (χ1v) is 10.6. The lowest BCUT2D eigenvalue weighted by Gasteiger charge is -2.20. The summed E-state index contributed by atoms with van der Waals surface area (Å²) in [6.45, 7) is 6.13. The van der Waals surface area contributed by atoms with E-state index in [1.807, 2.05) is 26.8 Å². The lowest BCUT2D eigenvalue weighted by atomic mass is 10.2. The Bertz CT molecular complexity index is 881. The molecule has 0 spiro atoms. The van der Waals surface area contributed by atoms with Gasteiger partial charge in [-0.2, -0.15) is 0 Å². The van der Waals surface area contributed by atoms with Crippen LogP contribution in [0.2, 0.25) is 5.02 Å². The number of amides is 2. The Kier molecular flexibility index (Phi) is 6.61. The van der Waals surface area contributed by atoms with Crippen molar-refractivity contribution < 1.29 is 9.59 Å². The molecule has 0 saturated heterocycles. The van der Waals surface area contributed by atoms with Crippen LogP contribution in [-0.2, 0) is 9.59 Å². The summed E-state index contributed by atoms with van der Waals surface area (Å²) in [5.74, 6) is 0.749. The van der Waals surface area contributed by atoms with Crippen molar-refractivity contribution in [2.45, 2.75) is 44.8 Å². The molecule has 1 aliphatic carbocycles. The fraction of sp³-hybridized carbons (Fsp3) is 0.474. The highest BCUT2D eigenvalue weighted by atomic mass is 35.5. The van der Waals surface area contributed by atoms with Gasteiger partial charge in [0.2, 0.25) is 11.8 Å². The van der Waals surface area contributed by atoms with Crippen LogP contribution in [0.4, 0.5) is 5.69 Å². The van der Waals surface area contributed by atoms with Crippen molar-refractivity contribution in [1.29, 1.82) is 0 Å². The van der Waals surface area contributed by atoms with Crippen molar-refractivity contribution in [1.82, 2.24) is 19.7 Å². The second-order valence-electron chi connectivity index (χ2n) is 6.83. The molecule has 3 rings (SSSR count). The zero-order chi connectivity index (χ0) is 20.3. The van der Waals surface area contributed by atoms with Gasteiger partial charge in [-0.15, -0.1) is 10.2 Å². The van der Waals surface area contributed by atoms with Crippen molar-refractivity contribution in [2.75, 3.05) is 24.2 Å². The molecule has 0 atom stereocenters. The Morgan fingerprint density at radius 1 is 1.32 bits per heavy atom. The van der Waals surface area contributed by atoms with E-state index in [2.05, 4.69) is 20.1 Å². The van der Waals surface area contributed by atoms with E-state index in [9.17, 15) is 9.59 Å². The molecule has 1 heterocycles. The van der Waals surface area contributed by atoms with Crippen LogP contribution in [0, 0.1) is 13.8 Å². The molecule has 1 aromatic carbocycles. The molecule has 0 aliphatic heterocycles. The molecule has 1 aliphatic rings. The molecule has 1 N–H and O–H groups in total. The minimum absolute atomic E-state index is 0.00378. The van der Waals surface area contributed by atoms with Crippen molar-refractivity contribution in [2.24, 2.45) is 0 Å². The van der Waals surface area contributed by atoms with Crippen LogP contribution in [0.3, 0.4) is 0 Å². The van der Waals surface area contributed by atoms with E-state index in [0.29, 0.717) is 23.3 Å². The van der Waals surface area contributed by atoms with Gasteiger partial charge in [-0.25, -0.2) is 0 Å². The van der Waals surface area contributed by atoms with Crippen LogP contribution in [0.1, 0.15) is 37.2 Å². The lowest BCUT2D eigenvalue weighted by Crippen LogP contribution is -2.39. The van der Waals surface area contributed by atoms with Crippen molar-refractivity contribution in [3.05, 3.63) is 34.6 Å². The summed E-state index contributed by atoms with van der Waals surface area (Å²) in [7, 11) is 0. The van der Waals surface area contributed by atoms with Crippen LogP contribution < -0.4 is 5.32 Å². The molecule has 0 unspecified atom stereocenters. The van der Waals surface area contributed by atoms with Gasteiger partial charge in [-0.3, -0.25) is 9.59 Å². The van der Waals surface area contributed by atoms with Crippen molar-refractivity contribution >= 4 is 40.9 Å². The molecule has 9 heteroatoms. The highest BCUT2D eigenvalue weighted by molar-refractivity contribution is 7.99. The van der Waals surface area contributed by atoms with Gasteiger partial charge in [0.15, 0.2) is 5.16 Å². The maximum Gasteiger partial charge on any atom is 0.244 e. The Hall–Kier alpha value is -2.06. The van der Waals surface area contributed by atoms with E-state index in [4.69, 9.17) is 11.6 Å². The molecule has 0 radical (unpaired) electrons. The lowest BCUT2D eigenvalue weighted by molar-refractivity contribution is -0.132. The van der Waals surface area contributed by atoms with Crippen LogP contribution in [0.5, 0.6) is 0 Å². The number of likely N-dealkylation sites (N-methyl/N-ethyl adjacent to an activating group) is 1. The number of aromatic nitrogens is 3. The number of carbonyl (C=O) groups excluding carboxylic acids is 2. The summed E-state index contributed by atoms with van der Waals surface area (Å²) in [6, 6.07) is 5.78. The van der Waals surface area contributed by atoms with Gasteiger partial charge in [-0.1, -0.05) is 29.4 Å². The first kappa shape index (κ1) is 20.7. The smallest absolute Gasteiger partial charge is 0.244 e. The Morgan fingerprint density at radius 2 is 2.07 bits per heavy atom.